The van der Waals surface area contributed by atoms with Crippen LogP contribution in [0.15, 0.2) is 41.1 Å². The van der Waals surface area contributed by atoms with E-state index in [0.717, 1.165) is 37.8 Å². The predicted octanol–water partition coefficient (Wildman–Crippen LogP) is 5.57. The molecule has 10 heteroatoms. The summed E-state index contributed by atoms with van der Waals surface area (Å²) in [4.78, 5) is 13.9. The van der Waals surface area contributed by atoms with E-state index in [9.17, 15) is 23.3 Å². The van der Waals surface area contributed by atoms with Gasteiger partial charge in [-0.2, -0.15) is 13.2 Å². The molecule has 28 heavy (non-hydrogen) atoms. The van der Waals surface area contributed by atoms with Crippen molar-refractivity contribution in [1.82, 2.24) is 4.98 Å². The van der Waals surface area contributed by atoms with Crippen LogP contribution in [0, 0.1) is 10.1 Å². The van der Waals surface area contributed by atoms with Gasteiger partial charge >= 0.3 is 6.18 Å². The summed E-state index contributed by atoms with van der Waals surface area (Å²) in [5.74, 6) is 0.712. The molecule has 1 aliphatic carbocycles. The van der Waals surface area contributed by atoms with E-state index in [0.29, 0.717) is 10.4 Å². The second-order valence-electron chi connectivity index (χ2n) is 6.54. The van der Waals surface area contributed by atoms with Crippen LogP contribution in [0.2, 0.25) is 0 Å². The number of hydrogen-bond acceptors (Lipinski definition) is 5. The fraction of sp³-hybridized carbons (Fsp3) is 0.389. The molecule has 1 fully saturated rings. The van der Waals surface area contributed by atoms with E-state index < -0.39 is 22.4 Å². The van der Waals surface area contributed by atoms with Crippen molar-refractivity contribution in [2.75, 3.05) is 5.32 Å². The largest absolute Gasteiger partial charge is 0.490 e. The Labute approximate surface area is 167 Å². The first-order valence-corrected chi connectivity index (χ1v) is 9.42. The highest BCUT2D eigenvalue weighted by Crippen LogP contribution is 2.38. The van der Waals surface area contributed by atoms with Crippen molar-refractivity contribution in [3.63, 3.8) is 0 Å². The smallest absolute Gasteiger partial charge is 0.423 e. The van der Waals surface area contributed by atoms with Crippen LogP contribution in [0.3, 0.4) is 0 Å². The number of nitro benzene ring substituents is 1. The molecule has 0 spiro atoms. The van der Waals surface area contributed by atoms with Gasteiger partial charge < -0.3 is 10.1 Å². The molecule has 1 N–H and O–H groups in total. The molecule has 0 unspecified atom stereocenters. The molecule has 1 aliphatic rings. The van der Waals surface area contributed by atoms with Crippen LogP contribution in [0.1, 0.15) is 31.2 Å². The quantitative estimate of drug-likeness (QED) is 0.359. The van der Waals surface area contributed by atoms with Crippen molar-refractivity contribution < 1.29 is 22.8 Å². The lowest BCUT2D eigenvalue weighted by Gasteiger charge is -2.30. The molecule has 1 heterocycles. The summed E-state index contributed by atoms with van der Waals surface area (Å²) in [6.07, 6.45) is -0.197. The molecule has 3 rings (SSSR count). The first-order valence-electron chi connectivity index (χ1n) is 8.63. The number of aromatic nitrogens is 1. The number of benzene rings is 1. The van der Waals surface area contributed by atoms with E-state index in [1.54, 1.807) is 18.3 Å². The minimum Gasteiger partial charge on any atom is -0.490 e. The Morgan fingerprint density at radius 3 is 2.50 bits per heavy atom. The lowest BCUT2D eigenvalue weighted by molar-refractivity contribution is -0.388. The fourth-order valence-corrected chi connectivity index (χ4v) is 3.57. The maximum absolute atomic E-state index is 13.1. The van der Waals surface area contributed by atoms with E-state index in [4.69, 9.17) is 4.74 Å². The number of halogens is 4. The van der Waals surface area contributed by atoms with E-state index in [-0.39, 0.29) is 17.8 Å². The Kier molecular flexibility index (Phi) is 6.07. The molecule has 1 aromatic carbocycles. The minimum atomic E-state index is -4.79. The summed E-state index contributed by atoms with van der Waals surface area (Å²) in [7, 11) is 0. The predicted molar refractivity (Wildman–Crippen MR) is 100 cm³/mol. The van der Waals surface area contributed by atoms with Gasteiger partial charge in [-0.1, -0.05) is 0 Å². The molecule has 2 aromatic rings. The van der Waals surface area contributed by atoms with Crippen molar-refractivity contribution in [2.45, 2.75) is 44.0 Å². The second kappa shape index (κ2) is 8.34. The number of nitrogens with zero attached hydrogens (tertiary/aromatic N) is 2. The van der Waals surface area contributed by atoms with Crippen molar-refractivity contribution in [2.24, 2.45) is 0 Å². The molecule has 1 aromatic heterocycles. The van der Waals surface area contributed by atoms with Crippen LogP contribution in [0.25, 0.3) is 0 Å². The van der Waals surface area contributed by atoms with Crippen molar-refractivity contribution in [1.29, 1.82) is 0 Å². The van der Waals surface area contributed by atoms with Gasteiger partial charge in [0.1, 0.15) is 15.9 Å². The zero-order valence-corrected chi connectivity index (χ0v) is 16.2. The number of rotatable bonds is 5. The molecular weight excluding hydrogens is 443 g/mol. The van der Waals surface area contributed by atoms with Gasteiger partial charge in [0.05, 0.1) is 11.0 Å². The van der Waals surface area contributed by atoms with Gasteiger partial charge in [0, 0.05) is 30.1 Å². The zero-order chi connectivity index (χ0) is 20.3. The number of pyridine rings is 1. The molecule has 0 radical (unpaired) electrons. The van der Waals surface area contributed by atoms with Crippen LogP contribution in [0.5, 0.6) is 5.75 Å². The van der Waals surface area contributed by atoms with E-state index in [2.05, 4.69) is 26.2 Å². The Morgan fingerprint density at radius 1 is 1.18 bits per heavy atom. The standard InChI is InChI=1S/C18H17BrF3N3O3/c19-17-10-14(7-8-23-17)28-13-4-1-11(2-5-13)24-12-3-6-16(25(26)27)15(9-12)18(20,21)22/h3,6-11,13,24H,1-2,4-5H2/t11-,13-. The zero-order valence-electron chi connectivity index (χ0n) is 14.6. The van der Waals surface area contributed by atoms with Crippen LogP contribution in [-0.2, 0) is 6.18 Å². The van der Waals surface area contributed by atoms with Crippen molar-refractivity contribution in [3.8, 4) is 5.75 Å². The first kappa shape index (κ1) is 20.4. The number of alkyl halides is 3. The third-order valence-electron chi connectivity index (χ3n) is 4.54. The van der Waals surface area contributed by atoms with Crippen LogP contribution in [-0.4, -0.2) is 22.1 Å². The molecule has 0 atom stereocenters. The van der Waals surface area contributed by atoms with E-state index in [1.807, 2.05) is 0 Å². The van der Waals surface area contributed by atoms with Gasteiger partial charge in [-0.15, -0.1) is 0 Å². The summed E-state index contributed by atoms with van der Waals surface area (Å²) < 4.78 is 45.9. The third-order valence-corrected chi connectivity index (χ3v) is 4.98. The lowest BCUT2D eigenvalue weighted by atomic mass is 9.92. The highest BCUT2D eigenvalue weighted by molar-refractivity contribution is 9.10. The Morgan fingerprint density at radius 2 is 1.89 bits per heavy atom. The monoisotopic (exact) mass is 459 g/mol. The molecule has 150 valence electrons. The summed E-state index contributed by atoms with van der Waals surface area (Å²) in [6.45, 7) is 0. The summed E-state index contributed by atoms with van der Waals surface area (Å²) in [5.41, 5.74) is -1.97. The molecule has 0 amide bonds. The molecule has 0 bridgehead atoms. The van der Waals surface area contributed by atoms with Gasteiger partial charge in [0.25, 0.3) is 5.69 Å². The van der Waals surface area contributed by atoms with Gasteiger partial charge in [-0.25, -0.2) is 4.98 Å². The van der Waals surface area contributed by atoms with Gasteiger partial charge in [0.15, 0.2) is 0 Å². The van der Waals surface area contributed by atoms with Gasteiger partial charge in [-0.3, -0.25) is 10.1 Å². The molecule has 0 aliphatic heterocycles. The number of ether oxygens (including phenoxy) is 1. The maximum Gasteiger partial charge on any atom is 0.423 e. The average molecular weight is 460 g/mol. The molecule has 1 saturated carbocycles. The van der Waals surface area contributed by atoms with Gasteiger partial charge in [-0.05, 0) is 59.8 Å². The highest BCUT2D eigenvalue weighted by atomic mass is 79.9. The topological polar surface area (TPSA) is 77.3 Å². The van der Waals surface area contributed by atoms with Crippen LogP contribution in [0.4, 0.5) is 24.5 Å². The second-order valence-corrected chi connectivity index (χ2v) is 7.35. The summed E-state index contributed by atoms with van der Waals surface area (Å²) in [5, 5.41) is 13.9. The summed E-state index contributed by atoms with van der Waals surface area (Å²) in [6, 6.07) is 6.53. The Hall–Kier alpha value is -2.36. The fourth-order valence-electron chi connectivity index (χ4n) is 3.22. The van der Waals surface area contributed by atoms with Crippen LogP contribution >= 0.6 is 15.9 Å². The van der Waals surface area contributed by atoms with Crippen molar-refractivity contribution in [3.05, 3.63) is 56.8 Å². The third kappa shape index (κ3) is 5.12. The number of nitro groups is 1. The van der Waals surface area contributed by atoms with E-state index in [1.165, 1.54) is 6.07 Å². The molecule has 6 nitrogen and oxygen atoms in total. The molecular formula is C18H17BrF3N3O3. The normalized spacial score (nSPS) is 19.9. The number of hydrogen-bond donors (Lipinski definition) is 1. The minimum absolute atomic E-state index is 0.0217. The molecule has 0 saturated heterocycles. The van der Waals surface area contributed by atoms with E-state index >= 15 is 0 Å². The lowest BCUT2D eigenvalue weighted by Crippen LogP contribution is -2.31. The SMILES string of the molecule is O=[N+]([O-])c1ccc(N[C@H]2CC[C@H](Oc3ccnc(Br)c3)CC2)cc1C(F)(F)F. The highest BCUT2D eigenvalue weighted by Gasteiger charge is 2.38. The maximum atomic E-state index is 13.1. The van der Waals surface area contributed by atoms with Gasteiger partial charge in [0.2, 0.25) is 0 Å². The summed E-state index contributed by atoms with van der Waals surface area (Å²) >= 11 is 3.28. The van der Waals surface area contributed by atoms with Crippen LogP contribution < -0.4 is 10.1 Å². The Bertz CT molecular complexity index is 855. The number of anilines is 1. The number of nitrogens with one attached hydrogen (secondary N) is 1. The average Bonchev–Trinajstić information content (AvgIpc) is 2.62. The first-order chi connectivity index (χ1) is 13.2. The Balaban J connectivity index is 1.61. The van der Waals surface area contributed by atoms with Crippen molar-refractivity contribution >= 4 is 27.3 Å².